The first-order chi connectivity index (χ1) is 8.88. The first-order valence-corrected chi connectivity index (χ1v) is 8.49. The highest BCUT2D eigenvalue weighted by Crippen LogP contribution is 2.33. The smallest absolute Gasteiger partial charge is 0.265 e. The van der Waals surface area contributed by atoms with Crippen LogP contribution < -0.4 is 4.74 Å². The summed E-state index contributed by atoms with van der Waals surface area (Å²) in [5, 5.41) is 0. The molecule has 4 nitrogen and oxygen atoms in total. The second-order valence-corrected chi connectivity index (χ2v) is 7.34. The van der Waals surface area contributed by atoms with E-state index in [2.05, 4.69) is 0 Å². The molecular weight excluding hydrogens is 288 g/mol. The van der Waals surface area contributed by atoms with Crippen molar-refractivity contribution in [1.82, 2.24) is 0 Å². The van der Waals surface area contributed by atoms with Crippen LogP contribution in [0.2, 0.25) is 0 Å². The standard InChI is InChI=1S/C13H17ClO4S/c1-9-6-10(2)13(12(7-9)19(14,15)16)18-11-4-3-5-17-8-11/h6-7,11H,3-5,8H2,1-2H3. The minimum atomic E-state index is -3.82. The molecular formula is C13H17ClO4S. The third kappa shape index (κ3) is 3.61. The van der Waals surface area contributed by atoms with Crippen LogP contribution in [0.5, 0.6) is 5.75 Å². The molecule has 1 aliphatic rings. The molecule has 1 aromatic rings. The first kappa shape index (κ1) is 14.6. The van der Waals surface area contributed by atoms with Gasteiger partial charge in [0.25, 0.3) is 9.05 Å². The van der Waals surface area contributed by atoms with Crippen LogP contribution in [0.15, 0.2) is 17.0 Å². The summed E-state index contributed by atoms with van der Waals surface area (Å²) in [5.74, 6) is 0.344. The lowest BCUT2D eigenvalue weighted by atomic mass is 10.1. The van der Waals surface area contributed by atoms with Gasteiger partial charge < -0.3 is 9.47 Å². The summed E-state index contributed by atoms with van der Waals surface area (Å²) in [7, 11) is 1.66. The maximum atomic E-state index is 11.7. The molecule has 0 bridgehead atoms. The van der Waals surface area contributed by atoms with Gasteiger partial charge in [0.2, 0.25) is 0 Å². The van der Waals surface area contributed by atoms with Crippen molar-refractivity contribution in [1.29, 1.82) is 0 Å². The predicted octanol–water partition coefficient (Wildman–Crippen LogP) is 2.79. The molecule has 1 saturated heterocycles. The Morgan fingerprint density at radius 3 is 2.68 bits per heavy atom. The Labute approximate surface area is 118 Å². The van der Waals surface area contributed by atoms with E-state index in [1.54, 1.807) is 0 Å². The summed E-state index contributed by atoms with van der Waals surface area (Å²) in [6.07, 6.45) is 1.65. The fraction of sp³-hybridized carbons (Fsp3) is 0.538. The molecule has 0 saturated carbocycles. The predicted molar refractivity (Wildman–Crippen MR) is 73.4 cm³/mol. The Balaban J connectivity index is 2.37. The van der Waals surface area contributed by atoms with Crippen molar-refractivity contribution < 1.29 is 17.9 Å². The summed E-state index contributed by atoms with van der Waals surface area (Å²) >= 11 is 0. The number of benzene rings is 1. The number of rotatable bonds is 3. The minimum absolute atomic E-state index is 0.0391. The van der Waals surface area contributed by atoms with Crippen molar-refractivity contribution in [2.75, 3.05) is 13.2 Å². The van der Waals surface area contributed by atoms with Crippen LogP contribution in [0.1, 0.15) is 24.0 Å². The van der Waals surface area contributed by atoms with E-state index in [1.165, 1.54) is 6.07 Å². The Bertz CT molecular complexity index is 562. The van der Waals surface area contributed by atoms with Gasteiger partial charge in [-0.15, -0.1) is 0 Å². The molecule has 1 heterocycles. The van der Waals surface area contributed by atoms with Crippen LogP contribution in [-0.2, 0) is 13.8 Å². The van der Waals surface area contributed by atoms with Gasteiger partial charge >= 0.3 is 0 Å². The summed E-state index contributed by atoms with van der Waals surface area (Å²) in [5.41, 5.74) is 1.61. The van der Waals surface area contributed by atoms with Gasteiger partial charge in [-0.05, 0) is 43.9 Å². The second-order valence-electron chi connectivity index (χ2n) is 4.80. The molecule has 0 spiro atoms. The van der Waals surface area contributed by atoms with Crippen molar-refractivity contribution >= 4 is 19.7 Å². The van der Waals surface area contributed by atoms with Crippen LogP contribution in [0.25, 0.3) is 0 Å². The van der Waals surface area contributed by atoms with E-state index in [0.29, 0.717) is 12.4 Å². The zero-order chi connectivity index (χ0) is 14.0. The lowest BCUT2D eigenvalue weighted by Crippen LogP contribution is -2.28. The average Bonchev–Trinajstić information content (AvgIpc) is 2.32. The zero-order valence-electron chi connectivity index (χ0n) is 11.0. The van der Waals surface area contributed by atoms with Crippen molar-refractivity contribution in [3.05, 3.63) is 23.3 Å². The fourth-order valence-electron chi connectivity index (χ4n) is 2.22. The Hall–Kier alpha value is -0.780. The lowest BCUT2D eigenvalue weighted by Gasteiger charge is -2.25. The van der Waals surface area contributed by atoms with Gasteiger partial charge in [0.05, 0.1) is 6.61 Å². The van der Waals surface area contributed by atoms with E-state index in [1.807, 2.05) is 19.9 Å². The van der Waals surface area contributed by atoms with Crippen molar-refractivity contribution in [3.8, 4) is 5.75 Å². The van der Waals surface area contributed by atoms with Gasteiger partial charge in [-0.2, -0.15) is 0 Å². The number of hydrogen-bond donors (Lipinski definition) is 0. The summed E-state index contributed by atoms with van der Waals surface area (Å²) in [6.45, 7) is 4.85. The maximum absolute atomic E-state index is 11.7. The molecule has 0 N–H and O–H groups in total. The van der Waals surface area contributed by atoms with E-state index in [0.717, 1.165) is 30.6 Å². The third-order valence-corrected chi connectivity index (χ3v) is 4.38. The van der Waals surface area contributed by atoms with Crippen molar-refractivity contribution in [2.24, 2.45) is 0 Å². The summed E-state index contributed by atoms with van der Waals surface area (Å²) in [6, 6.07) is 3.42. The molecule has 0 radical (unpaired) electrons. The molecule has 19 heavy (non-hydrogen) atoms. The zero-order valence-corrected chi connectivity index (χ0v) is 12.6. The lowest BCUT2D eigenvalue weighted by molar-refractivity contribution is 0.00592. The molecule has 1 fully saturated rings. The quantitative estimate of drug-likeness (QED) is 0.806. The van der Waals surface area contributed by atoms with Crippen LogP contribution >= 0.6 is 10.7 Å². The number of ether oxygens (including phenoxy) is 2. The van der Waals surface area contributed by atoms with Gasteiger partial charge in [0, 0.05) is 17.3 Å². The molecule has 6 heteroatoms. The molecule has 0 aromatic heterocycles. The molecule has 0 amide bonds. The van der Waals surface area contributed by atoms with Gasteiger partial charge in [-0.1, -0.05) is 6.07 Å². The second kappa shape index (κ2) is 5.69. The summed E-state index contributed by atoms with van der Waals surface area (Å²) < 4.78 is 34.5. The maximum Gasteiger partial charge on any atom is 0.265 e. The number of halogens is 1. The van der Waals surface area contributed by atoms with E-state index in [9.17, 15) is 8.42 Å². The molecule has 1 aliphatic heterocycles. The SMILES string of the molecule is Cc1cc(C)c(OC2CCCOC2)c(S(=O)(=O)Cl)c1. The molecule has 106 valence electrons. The van der Waals surface area contributed by atoms with E-state index < -0.39 is 9.05 Å². The molecule has 2 rings (SSSR count). The van der Waals surface area contributed by atoms with E-state index >= 15 is 0 Å². The first-order valence-electron chi connectivity index (χ1n) is 6.18. The van der Waals surface area contributed by atoms with Gasteiger partial charge in [0.15, 0.2) is 0 Å². The molecule has 1 aromatic carbocycles. The van der Waals surface area contributed by atoms with E-state index in [4.69, 9.17) is 20.2 Å². The normalized spacial score (nSPS) is 20.3. The topological polar surface area (TPSA) is 52.6 Å². The Kier molecular flexibility index (Phi) is 4.38. The molecule has 1 unspecified atom stereocenters. The monoisotopic (exact) mass is 304 g/mol. The minimum Gasteiger partial charge on any atom is -0.486 e. The highest BCUT2D eigenvalue weighted by molar-refractivity contribution is 8.13. The Morgan fingerprint density at radius 2 is 2.11 bits per heavy atom. The highest BCUT2D eigenvalue weighted by Gasteiger charge is 2.23. The van der Waals surface area contributed by atoms with Gasteiger partial charge in [-0.25, -0.2) is 8.42 Å². The van der Waals surface area contributed by atoms with Gasteiger partial charge in [-0.3, -0.25) is 0 Å². The van der Waals surface area contributed by atoms with Crippen LogP contribution in [0, 0.1) is 13.8 Å². The van der Waals surface area contributed by atoms with Gasteiger partial charge in [0.1, 0.15) is 16.7 Å². The number of aryl methyl sites for hydroxylation is 2. The van der Waals surface area contributed by atoms with Crippen LogP contribution in [0.4, 0.5) is 0 Å². The van der Waals surface area contributed by atoms with E-state index in [-0.39, 0.29) is 11.0 Å². The van der Waals surface area contributed by atoms with Crippen LogP contribution in [0.3, 0.4) is 0 Å². The molecule has 0 aliphatic carbocycles. The number of hydrogen-bond acceptors (Lipinski definition) is 4. The Morgan fingerprint density at radius 1 is 1.37 bits per heavy atom. The van der Waals surface area contributed by atoms with Crippen molar-refractivity contribution in [3.63, 3.8) is 0 Å². The molecule has 1 atom stereocenters. The van der Waals surface area contributed by atoms with Crippen LogP contribution in [-0.4, -0.2) is 27.7 Å². The highest BCUT2D eigenvalue weighted by atomic mass is 35.7. The summed E-state index contributed by atoms with van der Waals surface area (Å²) in [4.78, 5) is 0.0391. The fourth-order valence-corrected chi connectivity index (χ4v) is 3.32. The average molecular weight is 305 g/mol. The largest absolute Gasteiger partial charge is 0.486 e. The van der Waals surface area contributed by atoms with Crippen molar-refractivity contribution in [2.45, 2.75) is 37.7 Å². The third-order valence-electron chi connectivity index (χ3n) is 3.05.